The van der Waals surface area contributed by atoms with E-state index in [1.54, 1.807) is 0 Å². The van der Waals surface area contributed by atoms with Crippen molar-refractivity contribution < 1.29 is 9.53 Å². The van der Waals surface area contributed by atoms with Crippen LogP contribution in [0.3, 0.4) is 0 Å². The lowest BCUT2D eigenvalue weighted by atomic mass is 10.1. The van der Waals surface area contributed by atoms with E-state index in [0.717, 1.165) is 24.2 Å². The second-order valence-electron chi connectivity index (χ2n) is 3.85. The third-order valence-electron chi connectivity index (χ3n) is 2.65. The van der Waals surface area contributed by atoms with Crippen molar-refractivity contribution in [2.24, 2.45) is 0 Å². The van der Waals surface area contributed by atoms with Gasteiger partial charge < -0.3 is 10.1 Å². The van der Waals surface area contributed by atoms with Gasteiger partial charge >= 0.3 is 0 Å². The lowest BCUT2D eigenvalue weighted by Gasteiger charge is -2.11. The van der Waals surface area contributed by atoms with Crippen LogP contribution in [0.4, 0.5) is 0 Å². The molecule has 15 heavy (non-hydrogen) atoms. The van der Waals surface area contributed by atoms with Gasteiger partial charge in [0, 0.05) is 12.2 Å². The molecule has 1 aliphatic heterocycles. The topological polar surface area (TPSA) is 38.3 Å². The molecule has 1 fully saturated rings. The Hall–Kier alpha value is -1.35. The van der Waals surface area contributed by atoms with E-state index in [-0.39, 0.29) is 11.9 Å². The van der Waals surface area contributed by atoms with Gasteiger partial charge in [-0.3, -0.25) is 4.79 Å². The normalized spacial score (nSPS) is 20.2. The molecular weight excluding hydrogens is 190 g/mol. The molecule has 3 heteroatoms. The summed E-state index contributed by atoms with van der Waals surface area (Å²) in [5.74, 6) is 0.00333. The molecule has 1 aliphatic rings. The molecule has 2 rings (SSSR count). The highest BCUT2D eigenvalue weighted by atomic mass is 16.5. The molecule has 0 radical (unpaired) electrons. The summed E-state index contributed by atoms with van der Waals surface area (Å²) in [7, 11) is 0. The summed E-state index contributed by atoms with van der Waals surface area (Å²) < 4.78 is 5.21. The van der Waals surface area contributed by atoms with E-state index in [0.29, 0.717) is 6.61 Å². The number of amides is 1. The second kappa shape index (κ2) is 4.45. The van der Waals surface area contributed by atoms with Gasteiger partial charge in [0.1, 0.15) is 0 Å². The van der Waals surface area contributed by atoms with Gasteiger partial charge in [0.25, 0.3) is 5.91 Å². The number of ether oxygens (including phenoxy) is 1. The second-order valence-corrected chi connectivity index (χ2v) is 3.85. The van der Waals surface area contributed by atoms with Crippen molar-refractivity contribution in [2.75, 3.05) is 13.2 Å². The maximum Gasteiger partial charge on any atom is 0.251 e. The van der Waals surface area contributed by atoms with Crippen molar-refractivity contribution in [2.45, 2.75) is 19.4 Å². The minimum absolute atomic E-state index is 0.00333. The predicted octanol–water partition coefficient (Wildman–Crippen LogP) is 1.51. The van der Waals surface area contributed by atoms with Crippen LogP contribution in [-0.4, -0.2) is 25.2 Å². The fraction of sp³-hybridized carbons (Fsp3) is 0.417. The Labute approximate surface area is 89.4 Å². The third kappa shape index (κ3) is 2.36. The highest BCUT2D eigenvalue weighted by Gasteiger charge is 2.18. The molecular formula is C12H15NO2. The Kier molecular flexibility index (Phi) is 3.02. The first kappa shape index (κ1) is 10.2. The molecule has 1 atom stereocenters. The van der Waals surface area contributed by atoms with Crippen molar-refractivity contribution in [3.63, 3.8) is 0 Å². The van der Waals surface area contributed by atoms with E-state index in [9.17, 15) is 4.79 Å². The quantitative estimate of drug-likeness (QED) is 0.794. The third-order valence-corrected chi connectivity index (χ3v) is 2.65. The summed E-state index contributed by atoms with van der Waals surface area (Å²) in [5.41, 5.74) is 1.76. The molecule has 0 saturated carbocycles. The van der Waals surface area contributed by atoms with Gasteiger partial charge in [0.2, 0.25) is 0 Å². The number of carbonyl (C=O) groups excluding carboxylic acids is 1. The average Bonchev–Trinajstić information content (AvgIpc) is 2.71. The highest BCUT2D eigenvalue weighted by Crippen LogP contribution is 2.09. The van der Waals surface area contributed by atoms with Crippen molar-refractivity contribution in [3.8, 4) is 0 Å². The summed E-state index contributed by atoms with van der Waals surface area (Å²) in [5, 5.41) is 2.97. The lowest BCUT2D eigenvalue weighted by molar-refractivity contribution is 0.0929. The molecule has 1 saturated heterocycles. The van der Waals surface area contributed by atoms with Gasteiger partial charge in [-0.25, -0.2) is 0 Å². The number of carbonyl (C=O) groups is 1. The van der Waals surface area contributed by atoms with Crippen molar-refractivity contribution in [3.05, 3.63) is 35.4 Å². The minimum atomic E-state index is 0.00333. The van der Waals surface area contributed by atoms with E-state index in [4.69, 9.17) is 4.74 Å². The van der Waals surface area contributed by atoms with Crippen molar-refractivity contribution in [1.82, 2.24) is 5.32 Å². The van der Waals surface area contributed by atoms with Gasteiger partial charge in [-0.1, -0.05) is 18.2 Å². The van der Waals surface area contributed by atoms with E-state index in [1.165, 1.54) is 0 Å². The molecule has 0 aromatic heterocycles. The molecule has 80 valence electrons. The smallest absolute Gasteiger partial charge is 0.251 e. The van der Waals surface area contributed by atoms with Crippen LogP contribution in [0.25, 0.3) is 0 Å². The average molecular weight is 205 g/mol. The monoisotopic (exact) mass is 205 g/mol. The van der Waals surface area contributed by atoms with Crippen molar-refractivity contribution >= 4 is 5.91 Å². The number of hydrogen-bond acceptors (Lipinski definition) is 2. The number of nitrogens with one attached hydrogen (secondary N) is 1. The van der Waals surface area contributed by atoms with Gasteiger partial charge in [-0.15, -0.1) is 0 Å². The predicted molar refractivity (Wildman–Crippen MR) is 57.9 cm³/mol. The van der Waals surface area contributed by atoms with Crippen molar-refractivity contribution in [1.29, 1.82) is 0 Å². The molecule has 0 aliphatic carbocycles. The standard InChI is InChI=1S/C12H15NO2/c1-9-4-2-3-5-11(9)12(14)13-10-6-7-15-8-10/h2-5,10H,6-8H2,1H3,(H,13,14)/t10-/m1/s1. The van der Waals surface area contributed by atoms with Crippen LogP contribution < -0.4 is 5.32 Å². The van der Waals surface area contributed by atoms with Crippen LogP contribution in [0, 0.1) is 6.92 Å². The van der Waals surface area contributed by atoms with Crippen LogP contribution in [-0.2, 0) is 4.74 Å². The molecule has 1 aromatic carbocycles. The maximum absolute atomic E-state index is 11.9. The first-order chi connectivity index (χ1) is 7.27. The van der Waals surface area contributed by atoms with Crippen LogP contribution in [0.5, 0.6) is 0 Å². The van der Waals surface area contributed by atoms with Crippen LogP contribution >= 0.6 is 0 Å². The number of rotatable bonds is 2. The minimum Gasteiger partial charge on any atom is -0.379 e. The number of aryl methyl sites for hydroxylation is 1. The number of benzene rings is 1. The molecule has 3 nitrogen and oxygen atoms in total. The summed E-state index contributed by atoms with van der Waals surface area (Å²) in [6.07, 6.45) is 0.914. The first-order valence-corrected chi connectivity index (χ1v) is 5.21. The summed E-state index contributed by atoms with van der Waals surface area (Å²) in [6.45, 7) is 3.33. The zero-order chi connectivity index (χ0) is 10.7. The van der Waals surface area contributed by atoms with Crippen LogP contribution in [0.1, 0.15) is 22.3 Å². The first-order valence-electron chi connectivity index (χ1n) is 5.21. The summed E-state index contributed by atoms with van der Waals surface area (Å²) in [4.78, 5) is 11.9. The molecule has 1 N–H and O–H groups in total. The maximum atomic E-state index is 11.9. The Morgan fingerprint density at radius 1 is 1.47 bits per heavy atom. The Morgan fingerprint density at radius 3 is 2.93 bits per heavy atom. The SMILES string of the molecule is Cc1ccccc1C(=O)N[C@@H]1CCOC1. The molecule has 0 spiro atoms. The van der Waals surface area contributed by atoms with E-state index in [1.807, 2.05) is 31.2 Å². The fourth-order valence-corrected chi connectivity index (χ4v) is 1.74. The molecule has 0 bridgehead atoms. The molecule has 1 amide bonds. The van der Waals surface area contributed by atoms with Crippen LogP contribution in [0.15, 0.2) is 24.3 Å². The molecule has 1 aromatic rings. The van der Waals surface area contributed by atoms with Gasteiger partial charge in [0.15, 0.2) is 0 Å². The Bertz CT molecular complexity index is 356. The van der Waals surface area contributed by atoms with Crippen LogP contribution in [0.2, 0.25) is 0 Å². The van der Waals surface area contributed by atoms with E-state index in [2.05, 4.69) is 5.32 Å². The zero-order valence-electron chi connectivity index (χ0n) is 8.82. The lowest BCUT2D eigenvalue weighted by Crippen LogP contribution is -2.35. The van der Waals surface area contributed by atoms with E-state index >= 15 is 0 Å². The summed E-state index contributed by atoms with van der Waals surface area (Å²) in [6, 6.07) is 7.79. The highest BCUT2D eigenvalue weighted by molar-refractivity contribution is 5.95. The Morgan fingerprint density at radius 2 is 2.27 bits per heavy atom. The number of hydrogen-bond donors (Lipinski definition) is 1. The molecule has 1 heterocycles. The molecule has 0 unspecified atom stereocenters. The van der Waals surface area contributed by atoms with Gasteiger partial charge in [-0.2, -0.15) is 0 Å². The Balaban J connectivity index is 2.04. The zero-order valence-corrected chi connectivity index (χ0v) is 8.82. The summed E-state index contributed by atoms with van der Waals surface area (Å²) >= 11 is 0. The van der Waals surface area contributed by atoms with Gasteiger partial charge in [-0.05, 0) is 25.0 Å². The van der Waals surface area contributed by atoms with E-state index < -0.39 is 0 Å². The fourth-order valence-electron chi connectivity index (χ4n) is 1.74. The largest absolute Gasteiger partial charge is 0.379 e. The van der Waals surface area contributed by atoms with Gasteiger partial charge in [0.05, 0.1) is 12.6 Å².